The summed E-state index contributed by atoms with van der Waals surface area (Å²) in [6.07, 6.45) is 1.27. The summed E-state index contributed by atoms with van der Waals surface area (Å²) in [7, 11) is -2.91. The Morgan fingerprint density at radius 1 is 1.39 bits per heavy atom. The first-order valence-corrected chi connectivity index (χ1v) is 8.36. The van der Waals surface area contributed by atoms with Crippen LogP contribution in [-0.2, 0) is 14.6 Å². The van der Waals surface area contributed by atoms with Gasteiger partial charge in [-0.15, -0.1) is 0 Å². The minimum absolute atomic E-state index is 0.0111. The maximum atomic E-state index is 12.0. The zero-order chi connectivity index (χ0) is 13.3. The number of aliphatic hydroxyl groups is 1. The maximum absolute atomic E-state index is 12.0. The second kappa shape index (κ2) is 5.17. The van der Waals surface area contributed by atoms with Crippen molar-refractivity contribution in [2.24, 2.45) is 11.8 Å². The molecule has 104 valence electrons. The lowest BCUT2D eigenvalue weighted by Crippen LogP contribution is -2.46. The topological polar surface area (TPSA) is 74.7 Å². The normalized spacial score (nSPS) is 35.7. The minimum Gasteiger partial charge on any atom is -0.391 e. The molecule has 1 amide bonds. The molecule has 5 nitrogen and oxygen atoms in total. The van der Waals surface area contributed by atoms with Crippen LogP contribution in [0.15, 0.2) is 0 Å². The SMILES string of the molecule is CC1CCN(C(=O)CC2CCS(=O)(=O)C2)CC1O. The van der Waals surface area contributed by atoms with Crippen molar-refractivity contribution in [2.75, 3.05) is 24.6 Å². The zero-order valence-electron chi connectivity index (χ0n) is 10.7. The number of carbonyl (C=O) groups excluding carboxylic acids is 1. The summed E-state index contributed by atoms with van der Waals surface area (Å²) in [5.74, 6) is 0.554. The van der Waals surface area contributed by atoms with Crippen LogP contribution in [0.3, 0.4) is 0 Å². The van der Waals surface area contributed by atoms with Gasteiger partial charge in [-0.2, -0.15) is 0 Å². The molecule has 2 fully saturated rings. The van der Waals surface area contributed by atoms with Crippen molar-refractivity contribution >= 4 is 15.7 Å². The van der Waals surface area contributed by atoms with E-state index in [9.17, 15) is 18.3 Å². The second-order valence-corrected chi connectivity index (χ2v) is 7.87. The van der Waals surface area contributed by atoms with E-state index in [-0.39, 0.29) is 29.2 Å². The van der Waals surface area contributed by atoms with Gasteiger partial charge in [0.2, 0.25) is 5.91 Å². The number of β-amino-alcohol motifs (C(OH)–C–C–N with tert-alkyl or cyclic N) is 1. The third kappa shape index (κ3) is 3.23. The predicted octanol–water partition coefficient (Wildman–Crippen LogP) is 0.0405. The summed E-state index contributed by atoms with van der Waals surface area (Å²) in [5, 5.41) is 9.75. The quantitative estimate of drug-likeness (QED) is 0.772. The Morgan fingerprint density at radius 3 is 2.67 bits per heavy atom. The minimum atomic E-state index is -2.91. The molecule has 2 rings (SSSR count). The van der Waals surface area contributed by atoms with Gasteiger partial charge in [0.05, 0.1) is 17.6 Å². The number of hydrogen-bond donors (Lipinski definition) is 1. The largest absolute Gasteiger partial charge is 0.391 e. The Bertz CT molecular complexity index is 420. The lowest BCUT2D eigenvalue weighted by Gasteiger charge is -2.34. The number of carbonyl (C=O) groups is 1. The van der Waals surface area contributed by atoms with Gasteiger partial charge in [0.25, 0.3) is 0 Å². The average Bonchev–Trinajstić information content (AvgIpc) is 2.62. The van der Waals surface area contributed by atoms with Crippen molar-refractivity contribution in [2.45, 2.75) is 32.3 Å². The number of rotatable bonds is 2. The van der Waals surface area contributed by atoms with Gasteiger partial charge in [-0.1, -0.05) is 6.92 Å². The average molecular weight is 275 g/mol. The molecular formula is C12H21NO4S. The molecule has 6 heteroatoms. The smallest absolute Gasteiger partial charge is 0.222 e. The monoisotopic (exact) mass is 275 g/mol. The molecule has 0 aliphatic carbocycles. The molecule has 2 saturated heterocycles. The fraction of sp³-hybridized carbons (Fsp3) is 0.917. The Morgan fingerprint density at radius 2 is 2.11 bits per heavy atom. The van der Waals surface area contributed by atoms with Crippen LogP contribution in [0.25, 0.3) is 0 Å². The fourth-order valence-corrected chi connectivity index (χ4v) is 4.55. The van der Waals surface area contributed by atoms with E-state index in [1.54, 1.807) is 4.90 Å². The number of hydrogen-bond acceptors (Lipinski definition) is 4. The maximum Gasteiger partial charge on any atom is 0.222 e. The van der Waals surface area contributed by atoms with Crippen LogP contribution in [-0.4, -0.2) is 55.0 Å². The zero-order valence-corrected chi connectivity index (χ0v) is 11.5. The van der Waals surface area contributed by atoms with Gasteiger partial charge in [-0.05, 0) is 24.7 Å². The summed E-state index contributed by atoms with van der Waals surface area (Å²) < 4.78 is 22.7. The van der Waals surface area contributed by atoms with Crippen molar-refractivity contribution in [3.05, 3.63) is 0 Å². The van der Waals surface area contributed by atoms with Crippen LogP contribution in [0.1, 0.15) is 26.2 Å². The highest BCUT2D eigenvalue weighted by molar-refractivity contribution is 7.91. The van der Waals surface area contributed by atoms with Crippen LogP contribution in [0.4, 0.5) is 0 Å². The van der Waals surface area contributed by atoms with E-state index in [1.807, 2.05) is 6.92 Å². The van der Waals surface area contributed by atoms with Gasteiger partial charge in [-0.3, -0.25) is 4.79 Å². The van der Waals surface area contributed by atoms with Crippen LogP contribution in [0.2, 0.25) is 0 Å². The van der Waals surface area contributed by atoms with Crippen LogP contribution in [0, 0.1) is 11.8 Å². The molecule has 2 aliphatic heterocycles. The fourth-order valence-electron chi connectivity index (χ4n) is 2.68. The first kappa shape index (κ1) is 13.8. The van der Waals surface area contributed by atoms with Gasteiger partial charge < -0.3 is 10.0 Å². The van der Waals surface area contributed by atoms with Gasteiger partial charge in [-0.25, -0.2) is 8.42 Å². The highest BCUT2D eigenvalue weighted by Gasteiger charge is 2.32. The molecule has 2 heterocycles. The van der Waals surface area contributed by atoms with Crippen molar-refractivity contribution in [1.29, 1.82) is 0 Å². The van der Waals surface area contributed by atoms with Crippen molar-refractivity contribution in [3.8, 4) is 0 Å². The first-order chi connectivity index (χ1) is 8.37. The molecular weight excluding hydrogens is 254 g/mol. The summed E-state index contributed by atoms with van der Waals surface area (Å²) >= 11 is 0. The van der Waals surface area contributed by atoms with Crippen LogP contribution >= 0.6 is 0 Å². The molecule has 1 N–H and O–H groups in total. The van der Waals surface area contributed by atoms with Crippen LogP contribution < -0.4 is 0 Å². The summed E-state index contributed by atoms with van der Waals surface area (Å²) in [6, 6.07) is 0. The van der Waals surface area contributed by atoms with E-state index < -0.39 is 15.9 Å². The molecule has 0 aromatic carbocycles. The van der Waals surface area contributed by atoms with Crippen molar-refractivity contribution in [1.82, 2.24) is 4.90 Å². The van der Waals surface area contributed by atoms with Gasteiger partial charge in [0.15, 0.2) is 9.84 Å². The first-order valence-electron chi connectivity index (χ1n) is 6.53. The lowest BCUT2D eigenvalue weighted by molar-refractivity contribution is -0.136. The van der Waals surface area contributed by atoms with Gasteiger partial charge in [0.1, 0.15) is 0 Å². The van der Waals surface area contributed by atoms with Crippen LogP contribution in [0.5, 0.6) is 0 Å². The second-order valence-electron chi connectivity index (χ2n) is 5.65. The third-order valence-electron chi connectivity index (χ3n) is 4.06. The third-order valence-corrected chi connectivity index (χ3v) is 5.90. The molecule has 2 aliphatic rings. The molecule has 0 aromatic rings. The number of likely N-dealkylation sites (tertiary alicyclic amines) is 1. The predicted molar refractivity (Wildman–Crippen MR) is 67.7 cm³/mol. The standard InChI is InChI=1S/C12H21NO4S/c1-9-2-4-13(7-11(9)14)12(15)6-10-3-5-18(16,17)8-10/h9-11,14H,2-8H2,1H3. The van der Waals surface area contributed by atoms with E-state index in [2.05, 4.69) is 0 Å². The molecule has 0 bridgehead atoms. The molecule has 3 unspecified atom stereocenters. The van der Waals surface area contributed by atoms with E-state index in [1.165, 1.54) is 0 Å². The summed E-state index contributed by atoms with van der Waals surface area (Å²) in [4.78, 5) is 13.7. The highest BCUT2D eigenvalue weighted by atomic mass is 32.2. The number of aliphatic hydroxyl groups excluding tert-OH is 1. The van der Waals surface area contributed by atoms with E-state index in [0.29, 0.717) is 25.9 Å². The Kier molecular flexibility index (Phi) is 3.96. The molecule has 0 spiro atoms. The van der Waals surface area contributed by atoms with Gasteiger partial charge in [0, 0.05) is 19.5 Å². The van der Waals surface area contributed by atoms with E-state index in [0.717, 1.165) is 6.42 Å². The molecule has 3 atom stereocenters. The lowest BCUT2D eigenvalue weighted by atomic mass is 9.95. The van der Waals surface area contributed by atoms with E-state index in [4.69, 9.17) is 0 Å². The Balaban J connectivity index is 1.85. The highest BCUT2D eigenvalue weighted by Crippen LogP contribution is 2.24. The van der Waals surface area contributed by atoms with Gasteiger partial charge >= 0.3 is 0 Å². The molecule has 18 heavy (non-hydrogen) atoms. The van der Waals surface area contributed by atoms with Crippen molar-refractivity contribution < 1.29 is 18.3 Å². The van der Waals surface area contributed by atoms with Crippen molar-refractivity contribution in [3.63, 3.8) is 0 Å². The Labute approximate surface area is 108 Å². The molecule has 0 saturated carbocycles. The molecule has 0 aromatic heterocycles. The number of piperidine rings is 1. The Hall–Kier alpha value is -0.620. The number of amides is 1. The number of sulfone groups is 1. The van der Waals surface area contributed by atoms with E-state index >= 15 is 0 Å². The summed E-state index contributed by atoms with van der Waals surface area (Å²) in [5.41, 5.74) is 0. The summed E-state index contributed by atoms with van der Waals surface area (Å²) in [6.45, 7) is 3.05. The number of nitrogens with zero attached hydrogens (tertiary/aromatic N) is 1. The molecule has 0 radical (unpaired) electrons.